The lowest BCUT2D eigenvalue weighted by molar-refractivity contribution is -0.176. The zero-order valence-electron chi connectivity index (χ0n) is 13.0. The number of alkyl halides is 1. The summed E-state index contributed by atoms with van der Waals surface area (Å²) >= 11 is 0. The van der Waals surface area contributed by atoms with Crippen molar-refractivity contribution in [3.05, 3.63) is 33.1 Å². The zero-order chi connectivity index (χ0) is 18.1. The smallest absolute Gasteiger partial charge is 0.331 e. The number of aliphatic hydroxyl groups is 1. The summed E-state index contributed by atoms with van der Waals surface area (Å²) in [6, 6.07) is 2.69. The van der Waals surface area contributed by atoms with Crippen LogP contribution in [-0.2, 0) is 20.0 Å². The molecule has 24 heavy (non-hydrogen) atoms. The van der Waals surface area contributed by atoms with Crippen molar-refractivity contribution >= 4 is 5.97 Å². The van der Waals surface area contributed by atoms with Gasteiger partial charge in [0.1, 0.15) is 18.3 Å². The van der Waals surface area contributed by atoms with Crippen molar-refractivity contribution < 1.29 is 23.8 Å². The molecular formula is C14H16FN3O6. The van der Waals surface area contributed by atoms with Crippen LogP contribution >= 0.6 is 0 Å². The van der Waals surface area contributed by atoms with Gasteiger partial charge in [-0.05, 0) is 0 Å². The highest BCUT2D eigenvalue weighted by Gasteiger charge is 2.65. The Labute approximate surface area is 135 Å². The van der Waals surface area contributed by atoms with E-state index in [1.807, 2.05) is 4.98 Å². The van der Waals surface area contributed by atoms with Gasteiger partial charge in [0.25, 0.3) is 11.3 Å². The molecule has 0 bridgehead atoms. The Morgan fingerprint density at radius 2 is 2.29 bits per heavy atom. The molecule has 0 aliphatic carbocycles. The molecule has 130 valence electrons. The predicted octanol–water partition coefficient (Wildman–Crippen LogP) is -0.988. The highest BCUT2D eigenvalue weighted by Crippen LogP contribution is 2.46. The average Bonchev–Trinajstić information content (AvgIpc) is 2.78. The number of ether oxygens (including phenoxy) is 2. The Morgan fingerprint density at radius 3 is 2.75 bits per heavy atom. The van der Waals surface area contributed by atoms with Gasteiger partial charge >= 0.3 is 11.7 Å². The van der Waals surface area contributed by atoms with Crippen LogP contribution in [-0.4, -0.2) is 45.6 Å². The number of rotatable bonds is 4. The van der Waals surface area contributed by atoms with Gasteiger partial charge in [-0.3, -0.25) is 19.1 Å². The fraction of sp³-hybridized carbons (Fsp3) is 0.571. The third-order valence-electron chi connectivity index (χ3n) is 4.16. The Hall–Kier alpha value is -2.51. The molecule has 9 nitrogen and oxygen atoms in total. The lowest BCUT2D eigenvalue weighted by Gasteiger charge is -2.30. The van der Waals surface area contributed by atoms with E-state index in [-0.39, 0.29) is 0 Å². The Kier molecular flexibility index (Phi) is 4.59. The van der Waals surface area contributed by atoms with Crippen LogP contribution in [0.4, 0.5) is 4.39 Å². The second-order valence-corrected chi connectivity index (χ2v) is 5.57. The molecule has 1 saturated heterocycles. The first-order valence-electron chi connectivity index (χ1n) is 7.04. The van der Waals surface area contributed by atoms with E-state index in [0.717, 1.165) is 19.2 Å². The van der Waals surface area contributed by atoms with Crippen LogP contribution in [0, 0.1) is 17.2 Å². The molecule has 0 aromatic carbocycles. The van der Waals surface area contributed by atoms with Crippen molar-refractivity contribution in [2.24, 2.45) is 5.92 Å². The Bertz CT molecular complexity index is 793. The number of carbonyl (C=O) groups excluding carboxylic acids is 1. The van der Waals surface area contributed by atoms with E-state index in [1.54, 1.807) is 6.07 Å². The molecule has 1 aromatic heterocycles. The monoisotopic (exact) mass is 341 g/mol. The quantitative estimate of drug-likeness (QED) is 0.672. The van der Waals surface area contributed by atoms with Crippen molar-refractivity contribution in [2.45, 2.75) is 31.3 Å². The molecule has 0 unspecified atom stereocenters. The van der Waals surface area contributed by atoms with Crippen LogP contribution in [0.15, 0.2) is 21.9 Å². The number of halogens is 1. The number of nitrogens with one attached hydrogen (secondary N) is 1. The predicted molar refractivity (Wildman–Crippen MR) is 76.5 cm³/mol. The molecule has 1 aromatic rings. The highest BCUT2D eigenvalue weighted by molar-refractivity contribution is 5.66. The zero-order valence-corrected chi connectivity index (χ0v) is 13.0. The van der Waals surface area contributed by atoms with Gasteiger partial charge in [0.05, 0.1) is 6.61 Å². The molecule has 1 aliphatic rings. The van der Waals surface area contributed by atoms with E-state index in [1.165, 1.54) is 6.92 Å². The number of esters is 1. The number of aromatic amines is 1. The SMILES string of the molecule is CC(=O)O[C@@H]1[C@H](C)[C@](CO)(CF)O[C@@]1(C#N)n1ccc(=O)[nH]c1=O. The first kappa shape index (κ1) is 17.8. The first-order chi connectivity index (χ1) is 11.3. The number of nitriles is 1. The fourth-order valence-electron chi connectivity index (χ4n) is 2.81. The minimum Gasteiger partial charge on any atom is -0.456 e. The van der Waals surface area contributed by atoms with E-state index >= 15 is 0 Å². The van der Waals surface area contributed by atoms with Gasteiger partial charge < -0.3 is 14.6 Å². The lowest BCUT2D eigenvalue weighted by Crippen LogP contribution is -2.51. The van der Waals surface area contributed by atoms with Crippen molar-refractivity contribution in [3.63, 3.8) is 0 Å². The maximum atomic E-state index is 13.6. The maximum absolute atomic E-state index is 13.6. The summed E-state index contributed by atoms with van der Waals surface area (Å²) < 4.78 is 24.9. The second kappa shape index (κ2) is 6.18. The Balaban J connectivity index is 2.72. The minimum atomic E-state index is -2.23. The molecular weight excluding hydrogens is 325 g/mol. The van der Waals surface area contributed by atoms with Crippen molar-refractivity contribution in [2.75, 3.05) is 13.3 Å². The molecule has 0 radical (unpaired) electrons. The molecule has 2 rings (SSSR count). The van der Waals surface area contributed by atoms with E-state index in [4.69, 9.17) is 9.47 Å². The van der Waals surface area contributed by atoms with Crippen LogP contribution in [0.2, 0.25) is 0 Å². The van der Waals surface area contributed by atoms with Gasteiger partial charge in [-0.1, -0.05) is 6.92 Å². The minimum absolute atomic E-state index is 0.710. The normalized spacial score (nSPS) is 32.3. The third kappa shape index (κ3) is 2.51. The van der Waals surface area contributed by atoms with Gasteiger partial charge in [0, 0.05) is 25.1 Å². The molecule has 0 saturated carbocycles. The van der Waals surface area contributed by atoms with E-state index in [2.05, 4.69) is 0 Å². The first-order valence-corrected chi connectivity index (χ1v) is 7.04. The largest absolute Gasteiger partial charge is 0.456 e. The molecule has 2 N–H and O–H groups in total. The summed E-state index contributed by atoms with van der Waals surface area (Å²) in [6.45, 7) is 0.534. The molecule has 1 aliphatic heterocycles. The van der Waals surface area contributed by atoms with E-state index in [0.29, 0.717) is 4.57 Å². The maximum Gasteiger partial charge on any atom is 0.331 e. The topological polar surface area (TPSA) is 134 Å². The van der Waals surface area contributed by atoms with Crippen LogP contribution < -0.4 is 11.2 Å². The van der Waals surface area contributed by atoms with Gasteiger partial charge in [-0.25, -0.2) is 9.18 Å². The number of aliphatic hydroxyl groups excluding tert-OH is 1. The summed E-state index contributed by atoms with van der Waals surface area (Å²) in [4.78, 5) is 36.7. The lowest BCUT2D eigenvalue weighted by atomic mass is 9.86. The number of carbonyl (C=O) groups is 1. The summed E-state index contributed by atoms with van der Waals surface area (Å²) in [6.07, 6.45) is -0.397. The fourth-order valence-corrected chi connectivity index (χ4v) is 2.81. The van der Waals surface area contributed by atoms with Crippen LogP contribution in [0.3, 0.4) is 0 Å². The van der Waals surface area contributed by atoms with Crippen molar-refractivity contribution in [1.29, 1.82) is 5.26 Å². The summed E-state index contributed by atoms with van der Waals surface area (Å²) in [5.41, 5.74) is -5.79. The summed E-state index contributed by atoms with van der Waals surface area (Å²) in [5, 5.41) is 19.2. The van der Waals surface area contributed by atoms with Crippen molar-refractivity contribution in [3.8, 4) is 6.07 Å². The molecule has 0 spiro atoms. The van der Waals surface area contributed by atoms with Gasteiger partial charge in [0.15, 0.2) is 6.10 Å². The summed E-state index contributed by atoms with van der Waals surface area (Å²) in [7, 11) is 0. The molecule has 10 heteroatoms. The average molecular weight is 341 g/mol. The van der Waals surface area contributed by atoms with Crippen LogP contribution in [0.1, 0.15) is 13.8 Å². The van der Waals surface area contributed by atoms with E-state index in [9.17, 15) is 29.1 Å². The Morgan fingerprint density at radius 1 is 1.62 bits per heavy atom. The number of hydrogen-bond acceptors (Lipinski definition) is 7. The number of H-pyrrole nitrogens is 1. The van der Waals surface area contributed by atoms with Crippen LogP contribution in [0.25, 0.3) is 0 Å². The highest BCUT2D eigenvalue weighted by atomic mass is 19.1. The van der Waals surface area contributed by atoms with E-state index < -0.39 is 53.8 Å². The van der Waals surface area contributed by atoms with Gasteiger partial charge in [-0.15, -0.1) is 0 Å². The molecule has 2 heterocycles. The molecule has 1 fully saturated rings. The molecule has 4 atom stereocenters. The standard InChI is InChI=1S/C14H16FN3O6/c1-8-11(23-9(2)20)14(6-16,24-13(8,5-15)7-19)18-4-3-10(21)17-12(18)22/h3-4,8,11,19H,5,7H2,1-2H3,(H,17,21,22)/t8-,11+,13+,14+/m0/s1. The second-order valence-electron chi connectivity index (χ2n) is 5.57. The third-order valence-corrected chi connectivity index (χ3v) is 4.16. The number of hydrogen-bond donors (Lipinski definition) is 2. The summed E-state index contributed by atoms with van der Waals surface area (Å²) in [5.74, 6) is -1.73. The van der Waals surface area contributed by atoms with Crippen molar-refractivity contribution in [1.82, 2.24) is 9.55 Å². The number of aromatic nitrogens is 2. The van der Waals surface area contributed by atoms with Crippen LogP contribution in [0.5, 0.6) is 0 Å². The molecule has 0 amide bonds. The van der Waals surface area contributed by atoms with Gasteiger partial charge in [-0.2, -0.15) is 5.26 Å². The van der Waals surface area contributed by atoms with Gasteiger partial charge in [0.2, 0.25) is 0 Å². The number of nitrogens with zero attached hydrogens (tertiary/aromatic N) is 2.